The molecule has 3 rings (SSSR count). The van der Waals surface area contributed by atoms with Crippen molar-refractivity contribution in [1.82, 2.24) is 10.9 Å². The SMILES string of the molecule is O=C(NNC(=O)c1ccco1)c1cccc(Oc2ccccc2)c1. The molecule has 0 atom stereocenters. The Morgan fingerprint density at radius 3 is 2.29 bits per heavy atom. The topological polar surface area (TPSA) is 80.6 Å². The molecule has 2 amide bonds. The molecule has 0 fully saturated rings. The van der Waals surface area contributed by atoms with Crippen molar-refractivity contribution in [3.05, 3.63) is 84.3 Å². The first-order valence-corrected chi connectivity index (χ1v) is 7.19. The third-order valence-electron chi connectivity index (χ3n) is 3.11. The van der Waals surface area contributed by atoms with E-state index in [0.717, 1.165) is 0 Å². The van der Waals surface area contributed by atoms with Crippen LogP contribution in [-0.4, -0.2) is 11.8 Å². The Morgan fingerprint density at radius 1 is 0.792 bits per heavy atom. The standard InChI is InChI=1S/C18H14N2O4/c21-17(19-20-18(22)16-10-5-11-23-16)13-6-4-9-15(12-13)24-14-7-2-1-3-8-14/h1-12H,(H,19,21)(H,20,22). The van der Waals surface area contributed by atoms with Crippen molar-refractivity contribution in [2.24, 2.45) is 0 Å². The smallest absolute Gasteiger partial charge is 0.305 e. The van der Waals surface area contributed by atoms with Crippen LogP contribution < -0.4 is 15.6 Å². The number of carbonyl (C=O) groups excluding carboxylic acids is 2. The molecule has 2 N–H and O–H groups in total. The fourth-order valence-electron chi connectivity index (χ4n) is 1.98. The highest BCUT2D eigenvalue weighted by atomic mass is 16.5. The maximum atomic E-state index is 12.1. The van der Waals surface area contributed by atoms with E-state index in [9.17, 15) is 9.59 Å². The van der Waals surface area contributed by atoms with Gasteiger partial charge in [-0.3, -0.25) is 20.4 Å². The first-order valence-electron chi connectivity index (χ1n) is 7.19. The number of amides is 2. The maximum absolute atomic E-state index is 12.1. The lowest BCUT2D eigenvalue weighted by Gasteiger charge is -2.08. The molecule has 0 radical (unpaired) electrons. The highest BCUT2D eigenvalue weighted by molar-refractivity contribution is 5.98. The summed E-state index contributed by atoms with van der Waals surface area (Å²) in [5, 5.41) is 0. The van der Waals surface area contributed by atoms with Gasteiger partial charge >= 0.3 is 5.91 Å². The van der Waals surface area contributed by atoms with Gasteiger partial charge in [0.1, 0.15) is 11.5 Å². The predicted molar refractivity (Wildman–Crippen MR) is 86.6 cm³/mol. The number of hydrogen-bond donors (Lipinski definition) is 2. The lowest BCUT2D eigenvalue weighted by atomic mass is 10.2. The van der Waals surface area contributed by atoms with Crippen LogP contribution in [0.1, 0.15) is 20.9 Å². The van der Waals surface area contributed by atoms with Gasteiger partial charge in [0.2, 0.25) is 0 Å². The van der Waals surface area contributed by atoms with E-state index in [-0.39, 0.29) is 5.76 Å². The summed E-state index contributed by atoms with van der Waals surface area (Å²) in [6, 6.07) is 19.0. The number of carbonyl (C=O) groups is 2. The molecule has 120 valence electrons. The average Bonchev–Trinajstić information content (AvgIpc) is 3.15. The summed E-state index contributed by atoms with van der Waals surface area (Å²) in [5.41, 5.74) is 4.95. The number of para-hydroxylation sites is 1. The zero-order chi connectivity index (χ0) is 16.8. The second-order valence-corrected chi connectivity index (χ2v) is 4.83. The molecule has 0 aliphatic heterocycles. The summed E-state index contributed by atoms with van der Waals surface area (Å²) in [6.45, 7) is 0. The highest BCUT2D eigenvalue weighted by Gasteiger charge is 2.11. The first-order chi connectivity index (χ1) is 11.7. The average molecular weight is 322 g/mol. The van der Waals surface area contributed by atoms with Crippen LogP contribution >= 0.6 is 0 Å². The third-order valence-corrected chi connectivity index (χ3v) is 3.11. The molecule has 6 nitrogen and oxygen atoms in total. The van der Waals surface area contributed by atoms with Gasteiger partial charge in [-0.15, -0.1) is 0 Å². The van der Waals surface area contributed by atoms with Gasteiger partial charge in [-0.05, 0) is 42.5 Å². The summed E-state index contributed by atoms with van der Waals surface area (Å²) in [5.74, 6) is 0.294. The van der Waals surface area contributed by atoms with Crippen LogP contribution in [-0.2, 0) is 0 Å². The normalized spacial score (nSPS) is 10.0. The second kappa shape index (κ2) is 7.15. The minimum Gasteiger partial charge on any atom is -0.459 e. The van der Waals surface area contributed by atoms with E-state index < -0.39 is 11.8 Å². The Morgan fingerprint density at radius 2 is 1.54 bits per heavy atom. The molecule has 0 unspecified atom stereocenters. The molecule has 2 aromatic carbocycles. The Bertz CT molecular complexity index is 829. The number of ether oxygens (including phenoxy) is 1. The molecule has 0 aliphatic rings. The van der Waals surface area contributed by atoms with Gasteiger partial charge in [0, 0.05) is 5.56 Å². The van der Waals surface area contributed by atoms with E-state index in [1.165, 1.54) is 12.3 Å². The van der Waals surface area contributed by atoms with Crippen LogP contribution in [0.4, 0.5) is 0 Å². The van der Waals surface area contributed by atoms with Gasteiger partial charge in [0.05, 0.1) is 6.26 Å². The van der Waals surface area contributed by atoms with Gasteiger partial charge < -0.3 is 9.15 Å². The van der Waals surface area contributed by atoms with Gasteiger partial charge in [0.25, 0.3) is 5.91 Å². The van der Waals surface area contributed by atoms with Crippen LogP contribution in [0, 0.1) is 0 Å². The fraction of sp³-hybridized carbons (Fsp3) is 0. The molecule has 0 aliphatic carbocycles. The van der Waals surface area contributed by atoms with Crippen LogP contribution in [0.25, 0.3) is 0 Å². The first kappa shape index (κ1) is 15.4. The summed E-state index contributed by atoms with van der Waals surface area (Å²) >= 11 is 0. The largest absolute Gasteiger partial charge is 0.459 e. The number of hydrogen-bond acceptors (Lipinski definition) is 4. The van der Waals surface area contributed by atoms with Gasteiger partial charge in [0.15, 0.2) is 5.76 Å². The van der Waals surface area contributed by atoms with Gasteiger partial charge in [-0.25, -0.2) is 0 Å². The van der Waals surface area contributed by atoms with Crippen LogP contribution in [0.15, 0.2) is 77.4 Å². The van der Waals surface area contributed by atoms with E-state index in [4.69, 9.17) is 9.15 Å². The van der Waals surface area contributed by atoms with E-state index in [2.05, 4.69) is 10.9 Å². The van der Waals surface area contributed by atoms with E-state index in [0.29, 0.717) is 17.1 Å². The minimum absolute atomic E-state index is 0.108. The van der Waals surface area contributed by atoms with Crippen molar-refractivity contribution in [2.75, 3.05) is 0 Å². The molecule has 6 heteroatoms. The fourth-order valence-corrected chi connectivity index (χ4v) is 1.98. The number of furan rings is 1. The summed E-state index contributed by atoms with van der Waals surface area (Å²) in [6.07, 6.45) is 1.38. The van der Waals surface area contributed by atoms with Crippen molar-refractivity contribution in [3.63, 3.8) is 0 Å². The van der Waals surface area contributed by atoms with Crippen molar-refractivity contribution >= 4 is 11.8 Å². The highest BCUT2D eigenvalue weighted by Crippen LogP contribution is 2.21. The maximum Gasteiger partial charge on any atom is 0.305 e. The van der Waals surface area contributed by atoms with Crippen LogP contribution in [0.2, 0.25) is 0 Å². The zero-order valence-corrected chi connectivity index (χ0v) is 12.6. The quantitative estimate of drug-likeness (QED) is 0.723. The summed E-state index contributed by atoms with van der Waals surface area (Å²) < 4.78 is 10.6. The molecule has 1 aromatic heterocycles. The molecule has 24 heavy (non-hydrogen) atoms. The molecular weight excluding hydrogens is 308 g/mol. The lowest BCUT2D eigenvalue weighted by molar-refractivity contribution is 0.0831. The Hall–Kier alpha value is -3.54. The van der Waals surface area contributed by atoms with Gasteiger partial charge in [-0.2, -0.15) is 0 Å². The lowest BCUT2D eigenvalue weighted by Crippen LogP contribution is -2.41. The van der Waals surface area contributed by atoms with Gasteiger partial charge in [-0.1, -0.05) is 24.3 Å². The Kier molecular flexibility index (Phi) is 4.57. The van der Waals surface area contributed by atoms with Crippen molar-refractivity contribution in [3.8, 4) is 11.5 Å². The third kappa shape index (κ3) is 3.80. The number of nitrogens with one attached hydrogen (secondary N) is 2. The molecule has 0 spiro atoms. The summed E-state index contributed by atoms with van der Waals surface area (Å²) in [4.78, 5) is 23.8. The Labute approximate surface area is 138 Å². The zero-order valence-electron chi connectivity index (χ0n) is 12.6. The molecule has 0 bridgehead atoms. The van der Waals surface area contributed by atoms with Crippen molar-refractivity contribution in [1.29, 1.82) is 0 Å². The van der Waals surface area contributed by atoms with E-state index >= 15 is 0 Å². The minimum atomic E-state index is -0.537. The molecule has 0 saturated heterocycles. The predicted octanol–water partition coefficient (Wildman–Crippen LogP) is 3.15. The Balaban J connectivity index is 1.63. The number of rotatable bonds is 4. The number of hydrazine groups is 1. The molecular formula is C18H14N2O4. The molecule has 0 saturated carbocycles. The van der Waals surface area contributed by atoms with Crippen molar-refractivity contribution in [2.45, 2.75) is 0 Å². The van der Waals surface area contributed by atoms with Crippen molar-refractivity contribution < 1.29 is 18.7 Å². The van der Waals surface area contributed by atoms with Crippen LogP contribution in [0.3, 0.4) is 0 Å². The molecule has 3 aromatic rings. The van der Waals surface area contributed by atoms with E-state index in [1.807, 2.05) is 30.3 Å². The second-order valence-electron chi connectivity index (χ2n) is 4.83. The monoisotopic (exact) mass is 322 g/mol. The summed E-state index contributed by atoms with van der Waals surface area (Å²) in [7, 11) is 0. The van der Waals surface area contributed by atoms with E-state index in [1.54, 1.807) is 30.3 Å². The van der Waals surface area contributed by atoms with Crippen LogP contribution in [0.5, 0.6) is 11.5 Å². The molecule has 1 heterocycles. The number of benzene rings is 2.